The van der Waals surface area contributed by atoms with Crippen molar-refractivity contribution in [3.8, 4) is 0 Å². The van der Waals surface area contributed by atoms with Crippen LogP contribution in [0.5, 0.6) is 0 Å². The number of aliphatic hydroxyl groups is 1. The van der Waals surface area contributed by atoms with Crippen molar-refractivity contribution in [1.82, 2.24) is 10.6 Å². The maximum absolute atomic E-state index is 13.6. The maximum Gasteiger partial charge on any atom is 0.251 e. The molecule has 40 heavy (non-hydrogen) atoms. The minimum atomic E-state index is -3.44. The van der Waals surface area contributed by atoms with Gasteiger partial charge in [-0.2, -0.15) is 0 Å². The number of aryl methyl sites for hydroxylation is 1. The zero-order valence-corrected chi connectivity index (χ0v) is 24.0. The highest BCUT2D eigenvalue weighted by Crippen LogP contribution is 2.28. The van der Waals surface area contributed by atoms with E-state index in [1.54, 1.807) is 18.2 Å². The summed E-state index contributed by atoms with van der Waals surface area (Å²) in [5, 5.41) is 20.6. The Morgan fingerprint density at radius 2 is 1.82 bits per heavy atom. The number of furan rings is 1. The first-order chi connectivity index (χ1) is 19.3. The van der Waals surface area contributed by atoms with Crippen molar-refractivity contribution in [2.24, 2.45) is 0 Å². The Hall–Kier alpha value is -3.34. The largest absolute Gasteiger partial charge is 0.465 e. The van der Waals surface area contributed by atoms with Gasteiger partial charge in [0.2, 0.25) is 10.0 Å². The first-order valence-electron chi connectivity index (χ1n) is 14.0. The van der Waals surface area contributed by atoms with Gasteiger partial charge in [0, 0.05) is 37.3 Å². The summed E-state index contributed by atoms with van der Waals surface area (Å²) in [7, 11) is -3.44. The summed E-state index contributed by atoms with van der Waals surface area (Å²) in [5.41, 5.74) is 2.44. The molecule has 1 aromatic heterocycles. The number of nitrogens with one attached hydrogen (secondary N) is 3. The normalized spacial score (nSPS) is 16.3. The molecule has 2 heterocycles. The van der Waals surface area contributed by atoms with Gasteiger partial charge in [-0.15, -0.1) is 0 Å². The molecule has 1 saturated heterocycles. The van der Waals surface area contributed by atoms with E-state index in [1.807, 2.05) is 56.3 Å². The molecule has 0 unspecified atom stereocenters. The SMILES string of the molecule is CCNc1cc(C(=O)N[C@@H](Cc2ccccc2)[C@H](O)CNCc2ccc(CC)o2)cc(N2CCCCS2(=O)=O)c1. The molecule has 3 aromatic rings. The third kappa shape index (κ3) is 7.87. The van der Waals surface area contributed by atoms with E-state index in [0.29, 0.717) is 49.4 Å². The number of sulfonamides is 1. The van der Waals surface area contributed by atoms with E-state index in [4.69, 9.17) is 4.42 Å². The van der Waals surface area contributed by atoms with Crippen molar-refractivity contribution < 1.29 is 22.7 Å². The number of nitrogens with zero attached hydrogens (tertiary/aromatic N) is 1. The minimum absolute atomic E-state index is 0.0933. The number of anilines is 2. The molecule has 2 atom stereocenters. The van der Waals surface area contributed by atoms with Gasteiger partial charge in [-0.05, 0) is 62.1 Å². The molecular formula is C30H40N4O5S. The smallest absolute Gasteiger partial charge is 0.251 e. The van der Waals surface area contributed by atoms with E-state index in [2.05, 4.69) is 16.0 Å². The van der Waals surface area contributed by atoms with Gasteiger partial charge in [-0.25, -0.2) is 8.42 Å². The van der Waals surface area contributed by atoms with Crippen molar-refractivity contribution in [3.05, 3.63) is 83.3 Å². The number of benzene rings is 2. The first kappa shape index (κ1) is 29.6. The van der Waals surface area contributed by atoms with Gasteiger partial charge in [0.1, 0.15) is 11.5 Å². The summed E-state index contributed by atoms with van der Waals surface area (Å²) in [5.74, 6) is 1.40. The van der Waals surface area contributed by atoms with Crippen LogP contribution in [0, 0.1) is 0 Å². The highest BCUT2D eigenvalue weighted by Gasteiger charge is 2.28. The average molecular weight is 569 g/mol. The number of rotatable bonds is 13. The predicted molar refractivity (Wildman–Crippen MR) is 158 cm³/mol. The summed E-state index contributed by atoms with van der Waals surface area (Å²) in [6.07, 6.45) is 1.75. The molecule has 0 bridgehead atoms. The highest BCUT2D eigenvalue weighted by atomic mass is 32.2. The number of carbonyl (C=O) groups is 1. The molecule has 1 amide bonds. The number of carbonyl (C=O) groups excluding carboxylic acids is 1. The van der Waals surface area contributed by atoms with Crippen LogP contribution in [0.1, 0.15) is 54.1 Å². The summed E-state index contributed by atoms with van der Waals surface area (Å²) in [4.78, 5) is 13.6. The van der Waals surface area contributed by atoms with Crippen LogP contribution in [0.4, 0.5) is 11.4 Å². The van der Waals surface area contributed by atoms with Crippen molar-refractivity contribution in [1.29, 1.82) is 0 Å². The molecule has 0 saturated carbocycles. The second-order valence-corrected chi connectivity index (χ2v) is 12.1. The molecule has 2 aromatic carbocycles. The van der Waals surface area contributed by atoms with E-state index in [1.165, 1.54) is 4.31 Å². The molecule has 4 rings (SSSR count). The van der Waals surface area contributed by atoms with Crippen LogP contribution >= 0.6 is 0 Å². The second kappa shape index (κ2) is 13.8. The van der Waals surface area contributed by atoms with Crippen LogP contribution in [0.25, 0.3) is 0 Å². The standard InChI is InChI=1S/C30H40N4O5S/c1-3-26-12-13-27(39-26)20-31-21-29(35)28(16-22-10-6-5-7-11-22)33-30(36)23-17-24(32-4-2)19-25(18-23)34-14-8-9-15-40(34,37)38/h5-7,10-13,17-19,28-29,31-32,35H,3-4,8-9,14-16,20-21H2,1-2H3,(H,33,36)/t28-,29+/m0/s1. The number of hydrogen-bond acceptors (Lipinski definition) is 7. The molecule has 1 fully saturated rings. The van der Waals surface area contributed by atoms with E-state index < -0.39 is 22.2 Å². The van der Waals surface area contributed by atoms with Gasteiger partial charge in [0.05, 0.1) is 30.1 Å². The molecule has 0 radical (unpaired) electrons. The van der Waals surface area contributed by atoms with E-state index in [-0.39, 0.29) is 18.2 Å². The predicted octanol–water partition coefficient (Wildman–Crippen LogP) is 3.70. The molecule has 1 aliphatic rings. The number of hydrogen-bond donors (Lipinski definition) is 4. The van der Waals surface area contributed by atoms with E-state index in [0.717, 1.165) is 29.9 Å². The second-order valence-electron chi connectivity index (χ2n) is 10.1. The molecule has 10 heteroatoms. The van der Waals surface area contributed by atoms with Crippen LogP contribution in [0.15, 0.2) is 65.1 Å². The lowest BCUT2D eigenvalue weighted by Gasteiger charge is -2.29. The zero-order chi connectivity index (χ0) is 28.5. The van der Waals surface area contributed by atoms with Crippen LogP contribution in [0.3, 0.4) is 0 Å². The minimum Gasteiger partial charge on any atom is -0.465 e. The van der Waals surface area contributed by atoms with Gasteiger partial charge >= 0.3 is 0 Å². The Balaban J connectivity index is 1.52. The van der Waals surface area contributed by atoms with E-state index >= 15 is 0 Å². The molecule has 0 spiro atoms. The van der Waals surface area contributed by atoms with Gasteiger partial charge < -0.3 is 25.5 Å². The fourth-order valence-corrected chi connectivity index (χ4v) is 6.49. The lowest BCUT2D eigenvalue weighted by atomic mass is 10.00. The average Bonchev–Trinajstić information content (AvgIpc) is 3.41. The van der Waals surface area contributed by atoms with Gasteiger partial charge in [-0.3, -0.25) is 9.10 Å². The lowest BCUT2D eigenvalue weighted by molar-refractivity contribution is 0.0829. The zero-order valence-electron chi connectivity index (χ0n) is 23.2. The van der Waals surface area contributed by atoms with Crippen molar-refractivity contribution >= 4 is 27.3 Å². The molecule has 9 nitrogen and oxygen atoms in total. The van der Waals surface area contributed by atoms with Crippen molar-refractivity contribution in [2.75, 3.05) is 35.0 Å². The molecule has 0 aliphatic carbocycles. The monoisotopic (exact) mass is 568 g/mol. The Kier molecular flexibility index (Phi) is 10.2. The maximum atomic E-state index is 13.6. The summed E-state index contributed by atoms with van der Waals surface area (Å²) < 4.78 is 32.7. The number of aliphatic hydroxyl groups excluding tert-OH is 1. The fraction of sp³-hybridized carbons (Fsp3) is 0.433. The van der Waals surface area contributed by atoms with Crippen LogP contribution in [-0.2, 0) is 29.4 Å². The van der Waals surface area contributed by atoms with Crippen LogP contribution in [0.2, 0.25) is 0 Å². The molecule has 4 N–H and O–H groups in total. The third-order valence-electron chi connectivity index (χ3n) is 7.00. The topological polar surface area (TPSA) is 124 Å². The summed E-state index contributed by atoms with van der Waals surface area (Å²) >= 11 is 0. The Labute approximate surface area is 237 Å². The highest BCUT2D eigenvalue weighted by molar-refractivity contribution is 7.92. The van der Waals surface area contributed by atoms with Gasteiger partial charge in [0.25, 0.3) is 5.91 Å². The molecule has 216 valence electrons. The number of amides is 1. The van der Waals surface area contributed by atoms with Gasteiger partial charge in [-0.1, -0.05) is 37.3 Å². The van der Waals surface area contributed by atoms with Crippen molar-refractivity contribution in [2.45, 2.75) is 58.2 Å². The molecular weight excluding hydrogens is 528 g/mol. The van der Waals surface area contributed by atoms with E-state index in [9.17, 15) is 18.3 Å². The Bertz CT molecular complexity index is 1360. The van der Waals surface area contributed by atoms with Gasteiger partial charge in [0.15, 0.2) is 0 Å². The lowest BCUT2D eigenvalue weighted by Crippen LogP contribution is -2.48. The molecule has 1 aliphatic heterocycles. The Morgan fingerprint density at radius 1 is 1.05 bits per heavy atom. The van der Waals surface area contributed by atoms with Crippen LogP contribution in [-0.4, -0.2) is 57.0 Å². The van der Waals surface area contributed by atoms with Crippen LogP contribution < -0.4 is 20.3 Å². The Morgan fingerprint density at radius 3 is 2.52 bits per heavy atom. The summed E-state index contributed by atoms with van der Waals surface area (Å²) in [6, 6.07) is 18.0. The fourth-order valence-electron chi connectivity index (χ4n) is 4.87. The van der Waals surface area contributed by atoms with Crippen molar-refractivity contribution in [3.63, 3.8) is 0 Å². The summed E-state index contributed by atoms with van der Waals surface area (Å²) in [6.45, 7) is 5.67. The quantitative estimate of drug-likeness (QED) is 0.248. The third-order valence-corrected chi connectivity index (χ3v) is 8.87. The first-order valence-corrected chi connectivity index (χ1v) is 15.6.